The molecule has 1 aliphatic rings. The zero-order chi connectivity index (χ0) is 21.9. The van der Waals surface area contributed by atoms with Gasteiger partial charge in [-0.1, -0.05) is 36.4 Å². The van der Waals surface area contributed by atoms with E-state index in [1.54, 1.807) is 37.4 Å². The Bertz CT molecular complexity index is 1090. The van der Waals surface area contributed by atoms with Gasteiger partial charge in [0.05, 0.1) is 9.80 Å². The normalized spacial score (nSPS) is 16.0. The molecule has 0 atom stereocenters. The molecule has 1 saturated heterocycles. The van der Waals surface area contributed by atoms with Crippen molar-refractivity contribution in [3.63, 3.8) is 0 Å². The van der Waals surface area contributed by atoms with Gasteiger partial charge in [0.25, 0.3) is 11.1 Å². The minimum Gasteiger partial charge on any atom is -0.308 e. The number of sulfonamides is 1. The Morgan fingerprint density at radius 2 is 1.63 bits per heavy atom. The topological polar surface area (TPSA) is 86.8 Å². The molecule has 0 saturated carbocycles. The molecule has 2 amide bonds. The van der Waals surface area contributed by atoms with Crippen LogP contribution in [0.15, 0.2) is 58.3 Å². The van der Waals surface area contributed by atoms with E-state index in [4.69, 9.17) is 0 Å². The van der Waals surface area contributed by atoms with E-state index in [0.717, 1.165) is 28.5 Å². The number of hydrogen-bond donors (Lipinski definition) is 1. The van der Waals surface area contributed by atoms with E-state index in [9.17, 15) is 18.0 Å². The van der Waals surface area contributed by atoms with Crippen LogP contribution in [-0.2, 0) is 14.8 Å². The highest BCUT2D eigenvalue weighted by molar-refractivity contribution is 8.18. The van der Waals surface area contributed by atoms with E-state index in [0.29, 0.717) is 18.0 Å². The van der Waals surface area contributed by atoms with Crippen molar-refractivity contribution < 1.29 is 18.0 Å². The number of thioether (sulfide) groups is 1. The van der Waals surface area contributed by atoms with Crippen LogP contribution in [0.3, 0.4) is 0 Å². The molecular formula is C21H23N3O4S2. The molecule has 1 fully saturated rings. The number of imide groups is 1. The third-order valence-corrected chi connectivity index (χ3v) is 7.31. The minimum atomic E-state index is -3.57. The highest BCUT2D eigenvalue weighted by Crippen LogP contribution is 2.31. The molecule has 2 aromatic carbocycles. The largest absolute Gasteiger partial charge is 0.308 e. The first-order valence-electron chi connectivity index (χ1n) is 9.24. The number of nitrogens with zero attached hydrogens (tertiary/aromatic N) is 2. The lowest BCUT2D eigenvalue weighted by Gasteiger charge is -2.19. The third kappa shape index (κ3) is 4.99. The number of benzene rings is 2. The minimum absolute atomic E-state index is 0.222. The Hall–Kier alpha value is -2.46. The summed E-state index contributed by atoms with van der Waals surface area (Å²) in [6.07, 6.45) is 1.67. The van der Waals surface area contributed by atoms with Crippen LogP contribution in [-0.4, -0.2) is 63.0 Å². The van der Waals surface area contributed by atoms with E-state index in [1.807, 2.05) is 43.3 Å². The van der Waals surface area contributed by atoms with Crippen LogP contribution < -0.4 is 5.32 Å². The van der Waals surface area contributed by atoms with Gasteiger partial charge < -0.3 is 4.90 Å². The smallest absolute Gasteiger partial charge is 0.290 e. The van der Waals surface area contributed by atoms with Crippen LogP contribution in [0, 0.1) is 0 Å². The highest BCUT2D eigenvalue weighted by atomic mass is 32.2. The highest BCUT2D eigenvalue weighted by Gasteiger charge is 2.25. The molecule has 1 N–H and O–H groups in total. The number of carbonyl (C=O) groups is 2. The summed E-state index contributed by atoms with van der Waals surface area (Å²) in [5, 5.41) is 1.85. The van der Waals surface area contributed by atoms with E-state index in [1.165, 1.54) is 4.31 Å². The van der Waals surface area contributed by atoms with Gasteiger partial charge in [-0.2, -0.15) is 4.31 Å². The van der Waals surface area contributed by atoms with Crippen LogP contribution in [0.25, 0.3) is 17.2 Å². The van der Waals surface area contributed by atoms with Gasteiger partial charge in [0.2, 0.25) is 10.0 Å². The molecule has 30 heavy (non-hydrogen) atoms. The van der Waals surface area contributed by atoms with E-state index in [-0.39, 0.29) is 4.90 Å². The van der Waals surface area contributed by atoms with Crippen molar-refractivity contribution in [1.29, 1.82) is 0 Å². The summed E-state index contributed by atoms with van der Waals surface area (Å²) in [4.78, 5) is 25.7. The average Bonchev–Trinajstić information content (AvgIpc) is 3.03. The summed E-state index contributed by atoms with van der Waals surface area (Å²) in [6, 6.07) is 14.1. The van der Waals surface area contributed by atoms with Crippen molar-refractivity contribution in [2.45, 2.75) is 4.90 Å². The second-order valence-electron chi connectivity index (χ2n) is 7.09. The average molecular weight is 446 g/mol. The molecule has 0 radical (unpaired) electrons. The van der Waals surface area contributed by atoms with Crippen molar-refractivity contribution in [3.8, 4) is 11.1 Å². The van der Waals surface area contributed by atoms with Gasteiger partial charge in [-0.3, -0.25) is 14.9 Å². The summed E-state index contributed by atoms with van der Waals surface area (Å²) in [7, 11) is 1.78. The monoisotopic (exact) mass is 445 g/mol. The molecule has 1 heterocycles. The maximum atomic E-state index is 12.8. The summed E-state index contributed by atoms with van der Waals surface area (Å²) in [6.45, 7) is 1.02. The summed E-state index contributed by atoms with van der Waals surface area (Å²) in [5.74, 6) is -0.415. The zero-order valence-electron chi connectivity index (χ0n) is 17.0. The maximum absolute atomic E-state index is 12.8. The zero-order valence-corrected chi connectivity index (χ0v) is 18.6. The van der Waals surface area contributed by atoms with E-state index < -0.39 is 21.2 Å². The molecule has 158 valence electrons. The van der Waals surface area contributed by atoms with Gasteiger partial charge in [0.15, 0.2) is 0 Å². The van der Waals surface area contributed by atoms with Gasteiger partial charge in [0.1, 0.15) is 0 Å². The van der Waals surface area contributed by atoms with Crippen molar-refractivity contribution in [1.82, 2.24) is 14.5 Å². The lowest BCUT2D eigenvalue weighted by Crippen LogP contribution is -2.33. The first-order chi connectivity index (χ1) is 14.2. The molecule has 0 bridgehead atoms. The van der Waals surface area contributed by atoms with Crippen molar-refractivity contribution in [2.75, 3.05) is 34.2 Å². The third-order valence-electron chi connectivity index (χ3n) is 4.63. The Kier molecular flexibility index (Phi) is 6.77. The fraction of sp³-hybridized carbons (Fsp3) is 0.238. The number of carbonyl (C=O) groups excluding carboxylic acids is 2. The lowest BCUT2D eigenvalue weighted by molar-refractivity contribution is -0.115. The molecule has 2 aromatic rings. The summed E-state index contributed by atoms with van der Waals surface area (Å²) < 4.78 is 26.9. The quantitative estimate of drug-likeness (QED) is 0.660. The van der Waals surface area contributed by atoms with Crippen LogP contribution >= 0.6 is 11.8 Å². The Balaban J connectivity index is 1.88. The lowest BCUT2D eigenvalue weighted by atomic mass is 9.99. The van der Waals surface area contributed by atoms with Crippen molar-refractivity contribution in [2.24, 2.45) is 0 Å². The number of hydrogen-bond acceptors (Lipinski definition) is 6. The molecule has 0 unspecified atom stereocenters. The fourth-order valence-corrected chi connectivity index (χ4v) is 4.73. The molecule has 0 aromatic heterocycles. The van der Waals surface area contributed by atoms with Gasteiger partial charge in [-0.25, -0.2) is 8.42 Å². The second-order valence-corrected chi connectivity index (χ2v) is 10.2. The molecular weight excluding hydrogens is 422 g/mol. The standard InChI is InChI=1S/C21H23N3O4S2/c1-23(2)12-13-24(3)30(27,28)17-10-8-15(9-11-17)18-7-5-4-6-16(18)14-19-20(25)22-21(26)29-19/h4-11,14H,12-13H2,1-3H3,(H,22,25,26)/b19-14+. The number of amides is 2. The summed E-state index contributed by atoms with van der Waals surface area (Å²) in [5.41, 5.74) is 2.42. The van der Waals surface area contributed by atoms with Crippen molar-refractivity contribution in [3.05, 3.63) is 59.0 Å². The Morgan fingerprint density at radius 3 is 2.23 bits per heavy atom. The second kappa shape index (κ2) is 9.13. The number of nitrogens with one attached hydrogen (secondary N) is 1. The predicted octanol–water partition coefficient (Wildman–Crippen LogP) is 2.86. The predicted molar refractivity (Wildman–Crippen MR) is 119 cm³/mol. The molecule has 1 aliphatic heterocycles. The van der Waals surface area contributed by atoms with E-state index in [2.05, 4.69) is 5.32 Å². The summed E-state index contributed by atoms with van der Waals surface area (Å²) >= 11 is 0.861. The fourth-order valence-electron chi connectivity index (χ4n) is 2.90. The van der Waals surface area contributed by atoms with Crippen LogP contribution in [0.5, 0.6) is 0 Å². The van der Waals surface area contributed by atoms with Gasteiger partial charge in [-0.15, -0.1) is 0 Å². The van der Waals surface area contributed by atoms with Gasteiger partial charge in [0, 0.05) is 20.1 Å². The first kappa shape index (κ1) is 22.2. The van der Waals surface area contributed by atoms with Crippen molar-refractivity contribution >= 4 is 39.0 Å². The molecule has 9 heteroatoms. The van der Waals surface area contributed by atoms with Gasteiger partial charge in [-0.05, 0) is 60.8 Å². The Morgan fingerprint density at radius 1 is 0.967 bits per heavy atom. The molecule has 0 spiro atoms. The maximum Gasteiger partial charge on any atom is 0.290 e. The number of rotatable bonds is 7. The van der Waals surface area contributed by atoms with E-state index >= 15 is 0 Å². The molecule has 3 rings (SSSR count). The van der Waals surface area contributed by atoms with Crippen LogP contribution in [0.2, 0.25) is 0 Å². The van der Waals surface area contributed by atoms with Crippen LogP contribution in [0.4, 0.5) is 4.79 Å². The van der Waals surface area contributed by atoms with Crippen LogP contribution in [0.1, 0.15) is 5.56 Å². The first-order valence-corrected chi connectivity index (χ1v) is 11.5. The number of likely N-dealkylation sites (N-methyl/N-ethyl adjacent to an activating group) is 2. The molecule has 7 nitrogen and oxygen atoms in total. The SMILES string of the molecule is CN(C)CCN(C)S(=O)(=O)c1ccc(-c2ccccc2/C=C2/SC(=O)NC2=O)cc1. The molecule has 0 aliphatic carbocycles. The van der Waals surface area contributed by atoms with Gasteiger partial charge >= 0.3 is 0 Å². The Labute approximate surface area is 180 Å².